The number of ether oxygens (including phenoxy) is 3. The lowest BCUT2D eigenvalue weighted by Crippen LogP contribution is -2.39. The average molecular weight is 256 g/mol. The fraction of sp³-hybridized carbons (Fsp3) is 0.583. The summed E-state index contributed by atoms with van der Waals surface area (Å²) in [6.07, 6.45) is 1.70. The van der Waals surface area contributed by atoms with E-state index in [4.69, 9.17) is 14.2 Å². The Morgan fingerprint density at radius 2 is 1.44 bits per heavy atom. The fourth-order valence-corrected chi connectivity index (χ4v) is 1.73. The summed E-state index contributed by atoms with van der Waals surface area (Å²) in [6.45, 7) is 3.84. The van der Waals surface area contributed by atoms with Gasteiger partial charge in [0.1, 0.15) is 12.2 Å². The third-order valence-electron chi connectivity index (χ3n) is 2.28. The molecule has 100 valence electrons. The van der Waals surface area contributed by atoms with E-state index in [2.05, 4.69) is 0 Å². The second kappa shape index (κ2) is 6.18. The number of carbonyl (C=O) groups is 3. The second-order valence-corrected chi connectivity index (χ2v) is 3.99. The monoisotopic (exact) mass is 256 g/mol. The Bertz CT molecular complexity index is 373. The molecule has 0 saturated heterocycles. The van der Waals surface area contributed by atoms with Crippen molar-refractivity contribution in [1.29, 1.82) is 0 Å². The predicted molar refractivity (Wildman–Crippen MR) is 60.4 cm³/mol. The fourth-order valence-electron chi connectivity index (χ4n) is 1.73. The van der Waals surface area contributed by atoms with Crippen molar-refractivity contribution in [1.82, 2.24) is 0 Å². The zero-order valence-electron chi connectivity index (χ0n) is 10.5. The van der Waals surface area contributed by atoms with E-state index in [0.29, 0.717) is 0 Å². The molecule has 0 aliphatic heterocycles. The Labute approximate surface area is 105 Å². The summed E-state index contributed by atoms with van der Waals surface area (Å²) in [7, 11) is 0. The van der Waals surface area contributed by atoms with Crippen LogP contribution in [-0.4, -0.2) is 36.2 Å². The zero-order valence-corrected chi connectivity index (χ0v) is 10.5. The molecule has 0 amide bonds. The van der Waals surface area contributed by atoms with Crippen LogP contribution >= 0.6 is 0 Å². The molecule has 0 unspecified atom stereocenters. The van der Waals surface area contributed by atoms with Crippen molar-refractivity contribution < 1.29 is 28.6 Å². The quantitative estimate of drug-likeness (QED) is 0.421. The molecule has 0 radical (unpaired) electrons. The molecule has 0 aromatic carbocycles. The van der Waals surface area contributed by atoms with E-state index in [1.54, 1.807) is 12.2 Å². The van der Waals surface area contributed by atoms with E-state index < -0.39 is 36.2 Å². The molecule has 18 heavy (non-hydrogen) atoms. The first kappa shape index (κ1) is 14.2. The number of hydrogen-bond donors (Lipinski definition) is 0. The molecule has 0 N–H and O–H groups in total. The van der Waals surface area contributed by atoms with Gasteiger partial charge in [0.2, 0.25) is 0 Å². The van der Waals surface area contributed by atoms with Crippen LogP contribution in [0.4, 0.5) is 0 Å². The van der Waals surface area contributed by atoms with Crippen LogP contribution < -0.4 is 0 Å². The van der Waals surface area contributed by atoms with Gasteiger partial charge in [0.05, 0.1) is 0 Å². The molecule has 1 rings (SSSR count). The summed E-state index contributed by atoms with van der Waals surface area (Å²) in [5, 5.41) is 0. The largest absolute Gasteiger partial charge is 0.458 e. The van der Waals surface area contributed by atoms with Crippen molar-refractivity contribution in [2.24, 2.45) is 0 Å². The van der Waals surface area contributed by atoms with E-state index in [9.17, 15) is 14.4 Å². The lowest BCUT2D eigenvalue weighted by atomic mass is 9.99. The van der Waals surface area contributed by atoms with E-state index in [1.807, 2.05) is 0 Å². The van der Waals surface area contributed by atoms with Crippen LogP contribution in [0, 0.1) is 0 Å². The standard InChI is InChI=1S/C12H16O6/c1-7(13)16-10-4-5-11(17-8(2)14)12(6-10)18-9(3)15/h4-5,10-12H,6H2,1-3H3/t10-,11+,12-/m0/s1. The molecule has 0 saturated carbocycles. The van der Waals surface area contributed by atoms with Gasteiger partial charge in [-0.3, -0.25) is 14.4 Å². The molecular formula is C12H16O6. The Morgan fingerprint density at radius 1 is 0.889 bits per heavy atom. The van der Waals surface area contributed by atoms with Gasteiger partial charge in [-0.15, -0.1) is 0 Å². The molecule has 6 nitrogen and oxygen atoms in total. The highest BCUT2D eigenvalue weighted by molar-refractivity contribution is 5.68. The minimum Gasteiger partial charge on any atom is -0.458 e. The predicted octanol–water partition coefficient (Wildman–Crippen LogP) is 0.741. The highest BCUT2D eigenvalue weighted by atomic mass is 16.6. The first-order chi connectivity index (χ1) is 8.38. The summed E-state index contributed by atoms with van der Waals surface area (Å²) in [5.41, 5.74) is 0. The van der Waals surface area contributed by atoms with E-state index in [1.165, 1.54) is 20.8 Å². The van der Waals surface area contributed by atoms with Gasteiger partial charge in [0.25, 0.3) is 0 Å². The third kappa shape index (κ3) is 4.57. The average Bonchev–Trinajstić information content (AvgIpc) is 2.19. The normalized spacial score (nSPS) is 26.3. The molecule has 0 aromatic heterocycles. The Hall–Kier alpha value is -1.85. The molecule has 1 aliphatic carbocycles. The van der Waals surface area contributed by atoms with Crippen molar-refractivity contribution in [3.63, 3.8) is 0 Å². The molecule has 0 aromatic rings. The van der Waals surface area contributed by atoms with Crippen molar-refractivity contribution >= 4 is 17.9 Å². The molecule has 0 fully saturated rings. The summed E-state index contributed by atoms with van der Waals surface area (Å²) in [5.74, 6) is -1.36. The lowest BCUT2D eigenvalue weighted by molar-refractivity contribution is -0.166. The maximum atomic E-state index is 11.0. The van der Waals surface area contributed by atoms with Crippen molar-refractivity contribution in [3.8, 4) is 0 Å². The Morgan fingerprint density at radius 3 is 1.94 bits per heavy atom. The van der Waals surface area contributed by atoms with Gasteiger partial charge in [-0.2, -0.15) is 0 Å². The Balaban J connectivity index is 2.73. The van der Waals surface area contributed by atoms with E-state index >= 15 is 0 Å². The molecule has 6 heteroatoms. The first-order valence-electron chi connectivity index (χ1n) is 5.58. The summed E-state index contributed by atoms with van der Waals surface area (Å²) in [4.78, 5) is 32.7. The SMILES string of the molecule is CC(=O)O[C@H]1C[C@@H](OC(C)=O)C=C[C@H]1OC(C)=O. The molecule has 3 atom stereocenters. The molecule has 0 heterocycles. The van der Waals surface area contributed by atoms with Crippen LogP contribution in [0.25, 0.3) is 0 Å². The maximum Gasteiger partial charge on any atom is 0.303 e. The number of carbonyl (C=O) groups excluding carboxylic acids is 3. The van der Waals surface area contributed by atoms with Crippen LogP contribution in [0.1, 0.15) is 27.2 Å². The van der Waals surface area contributed by atoms with Crippen LogP contribution in [0.2, 0.25) is 0 Å². The first-order valence-corrected chi connectivity index (χ1v) is 5.58. The molecule has 0 spiro atoms. The van der Waals surface area contributed by atoms with Crippen LogP contribution in [0.3, 0.4) is 0 Å². The van der Waals surface area contributed by atoms with Gasteiger partial charge < -0.3 is 14.2 Å². The number of esters is 3. The van der Waals surface area contributed by atoms with Crippen molar-refractivity contribution in [2.75, 3.05) is 0 Å². The van der Waals surface area contributed by atoms with Gasteiger partial charge in [-0.05, 0) is 12.2 Å². The molecule has 1 aliphatic rings. The minimum atomic E-state index is -0.641. The van der Waals surface area contributed by atoms with Crippen molar-refractivity contribution in [3.05, 3.63) is 12.2 Å². The van der Waals surface area contributed by atoms with Gasteiger partial charge in [0, 0.05) is 27.2 Å². The number of hydrogen-bond acceptors (Lipinski definition) is 6. The second-order valence-electron chi connectivity index (χ2n) is 3.99. The minimum absolute atomic E-state index is 0.271. The summed E-state index contributed by atoms with van der Waals surface area (Å²) >= 11 is 0. The van der Waals surface area contributed by atoms with Crippen LogP contribution in [0.15, 0.2) is 12.2 Å². The number of rotatable bonds is 3. The van der Waals surface area contributed by atoms with Gasteiger partial charge >= 0.3 is 17.9 Å². The zero-order chi connectivity index (χ0) is 13.7. The van der Waals surface area contributed by atoms with Crippen LogP contribution in [-0.2, 0) is 28.6 Å². The highest BCUT2D eigenvalue weighted by Crippen LogP contribution is 2.21. The third-order valence-corrected chi connectivity index (χ3v) is 2.28. The highest BCUT2D eigenvalue weighted by Gasteiger charge is 2.32. The molecule has 0 bridgehead atoms. The van der Waals surface area contributed by atoms with Crippen LogP contribution in [0.5, 0.6) is 0 Å². The van der Waals surface area contributed by atoms with E-state index in [0.717, 1.165) is 0 Å². The molecular weight excluding hydrogens is 240 g/mol. The smallest absolute Gasteiger partial charge is 0.303 e. The maximum absolute atomic E-state index is 11.0. The lowest BCUT2D eigenvalue weighted by Gasteiger charge is -2.30. The summed E-state index contributed by atoms with van der Waals surface area (Å²) in [6, 6.07) is 0. The van der Waals surface area contributed by atoms with E-state index in [-0.39, 0.29) is 6.42 Å². The summed E-state index contributed by atoms with van der Waals surface area (Å²) < 4.78 is 15.1. The van der Waals surface area contributed by atoms with Gasteiger partial charge in [-0.1, -0.05) is 0 Å². The topological polar surface area (TPSA) is 78.9 Å². The van der Waals surface area contributed by atoms with Crippen molar-refractivity contribution in [2.45, 2.75) is 45.5 Å². The Kier molecular flexibility index (Phi) is 4.88. The van der Waals surface area contributed by atoms with Gasteiger partial charge in [0.15, 0.2) is 6.10 Å². The van der Waals surface area contributed by atoms with Gasteiger partial charge in [-0.25, -0.2) is 0 Å².